The molecule has 8 nitrogen and oxygen atoms in total. The fourth-order valence-corrected chi connectivity index (χ4v) is 4.79. The molecule has 2 aromatic carbocycles. The lowest BCUT2D eigenvalue weighted by Gasteiger charge is -2.35. The zero-order valence-electron chi connectivity index (χ0n) is 19.6. The predicted octanol–water partition coefficient (Wildman–Crippen LogP) is 5.54. The first-order valence-electron chi connectivity index (χ1n) is 11.5. The van der Waals surface area contributed by atoms with Crippen LogP contribution < -0.4 is 0 Å². The summed E-state index contributed by atoms with van der Waals surface area (Å²) in [5.41, 5.74) is 1.07. The number of amides is 2. The minimum atomic E-state index is -0.375. The van der Waals surface area contributed by atoms with Crippen LogP contribution in [0.1, 0.15) is 41.6 Å². The Bertz CT molecular complexity index is 1200. The van der Waals surface area contributed by atoms with Crippen LogP contribution in [0.2, 0.25) is 15.1 Å². The lowest BCUT2D eigenvalue weighted by molar-refractivity contribution is -0.136. The van der Waals surface area contributed by atoms with Gasteiger partial charge in [0.2, 0.25) is 17.6 Å². The maximum absolute atomic E-state index is 13.5. The van der Waals surface area contributed by atoms with Gasteiger partial charge in [0.05, 0.1) is 6.61 Å². The molecule has 1 unspecified atom stereocenters. The Hall–Kier alpha value is -2.65. The molecular formula is C25H25Cl3N4O4. The Balaban J connectivity index is 1.53. The fraction of sp³-hybridized carbons (Fsp3) is 0.360. The van der Waals surface area contributed by atoms with Gasteiger partial charge in [0, 0.05) is 46.4 Å². The van der Waals surface area contributed by atoms with Crippen LogP contribution in [0, 0.1) is 0 Å². The third kappa shape index (κ3) is 6.37. The standard InChI is InChI=1S/C25H25Cl3N4O4/c1-35-11-10-31(25(34)17-12-19(27)14-20(28)13-17)15-22(33)32-9-3-2-4-21(32)24-29-23(30-36-24)16-5-7-18(26)8-6-16/h5-8,12-14,21H,2-4,9-11,15H2,1H3. The number of aromatic nitrogens is 2. The molecule has 3 aromatic rings. The molecule has 4 rings (SSSR count). The molecule has 1 fully saturated rings. The van der Waals surface area contributed by atoms with Gasteiger partial charge in [-0.05, 0) is 61.7 Å². The Labute approximate surface area is 224 Å². The Morgan fingerprint density at radius 3 is 2.50 bits per heavy atom. The van der Waals surface area contributed by atoms with Gasteiger partial charge in [-0.1, -0.05) is 40.0 Å². The van der Waals surface area contributed by atoms with Crippen molar-refractivity contribution >= 4 is 46.6 Å². The Kier molecular flexibility index (Phi) is 8.85. The molecular weight excluding hydrogens is 527 g/mol. The average molecular weight is 552 g/mol. The molecule has 1 aromatic heterocycles. The smallest absolute Gasteiger partial charge is 0.254 e. The van der Waals surface area contributed by atoms with E-state index >= 15 is 0 Å². The number of rotatable bonds is 8. The van der Waals surface area contributed by atoms with Crippen molar-refractivity contribution in [1.29, 1.82) is 0 Å². The van der Waals surface area contributed by atoms with Crippen molar-refractivity contribution in [2.24, 2.45) is 0 Å². The number of hydrogen-bond donors (Lipinski definition) is 0. The third-order valence-corrected chi connectivity index (χ3v) is 6.63. The van der Waals surface area contributed by atoms with Gasteiger partial charge in [-0.3, -0.25) is 9.59 Å². The number of piperidine rings is 1. The molecule has 0 N–H and O–H groups in total. The van der Waals surface area contributed by atoms with E-state index in [4.69, 9.17) is 44.1 Å². The number of carbonyl (C=O) groups is 2. The average Bonchev–Trinajstić information content (AvgIpc) is 3.36. The van der Waals surface area contributed by atoms with E-state index in [1.54, 1.807) is 23.1 Å². The summed E-state index contributed by atoms with van der Waals surface area (Å²) in [5.74, 6) is 0.212. The van der Waals surface area contributed by atoms with E-state index in [9.17, 15) is 9.59 Å². The summed E-state index contributed by atoms with van der Waals surface area (Å²) >= 11 is 18.1. The summed E-state index contributed by atoms with van der Waals surface area (Å²) < 4.78 is 10.7. The quantitative estimate of drug-likeness (QED) is 0.365. The fourth-order valence-electron chi connectivity index (χ4n) is 4.14. The van der Waals surface area contributed by atoms with Crippen LogP contribution in [0.5, 0.6) is 0 Å². The van der Waals surface area contributed by atoms with Gasteiger partial charge in [0.15, 0.2) is 0 Å². The highest BCUT2D eigenvalue weighted by Crippen LogP contribution is 2.31. The van der Waals surface area contributed by atoms with Gasteiger partial charge in [0.1, 0.15) is 12.6 Å². The highest BCUT2D eigenvalue weighted by molar-refractivity contribution is 6.35. The summed E-state index contributed by atoms with van der Waals surface area (Å²) in [5, 5.41) is 5.39. The highest BCUT2D eigenvalue weighted by atomic mass is 35.5. The molecule has 0 saturated carbocycles. The van der Waals surface area contributed by atoms with E-state index in [1.807, 2.05) is 12.1 Å². The minimum Gasteiger partial charge on any atom is -0.383 e. The molecule has 36 heavy (non-hydrogen) atoms. The second-order valence-corrected chi connectivity index (χ2v) is 9.75. The zero-order chi connectivity index (χ0) is 25.7. The molecule has 190 valence electrons. The first kappa shape index (κ1) is 26.4. The van der Waals surface area contributed by atoms with Gasteiger partial charge in [0.25, 0.3) is 5.91 Å². The lowest BCUT2D eigenvalue weighted by atomic mass is 10.0. The molecule has 11 heteroatoms. The van der Waals surface area contributed by atoms with Gasteiger partial charge < -0.3 is 19.1 Å². The molecule has 1 aliphatic rings. The SMILES string of the molecule is COCCN(CC(=O)N1CCCCC1c1nc(-c2ccc(Cl)cc2)no1)C(=O)c1cc(Cl)cc(Cl)c1. The van der Waals surface area contributed by atoms with E-state index in [0.717, 1.165) is 18.4 Å². The highest BCUT2D eigenvalue weighted by Gasteiger charge is 2.33. The second-order valence-electron chi connectivity index (χ2n) is 8.44. The summed E-state index contributed by atoms with van der Waals surface area (Å²) in [6.07, 6.45) is 2.45. The summed E-state index contributed by atoms with van der Waals surface area (Å²) in [6.45, 7) is 0.883. The zero-order valence-corrected chi connectivity index (χ0v) is 21.9. The van der Waals surface area contributed by atoms with Crippen LogP contribution in [0.3, 0.4) is 0 Å². The predicted molar refractivity (Wildman–Crippen MR) is 137 cm³/mol. The summed E-state index contributed by atoms with van der Waals surface area (Å²) in [6, 6.07) is 11.3. The van der Waals surface area contributed by atoms with E-state index in [0.29, 0.717) is 45.3 Å². The largest absolute Gasteiger partial charge is 0.383 e. The molecule has 2 heterocycles. The number of nitrogens with zero attached hydrogens (tertiary/aromatic N) is 4. The number of hydrogen-bond acceptors (Lipinski definition) is 6. The third-order valence-electron chi connectivity index (χ3n) is 5.94. The molecule has 0 aliphatic carbocycles. The Morgan fingerprint density at radius 1 is 1.08 bits per heavy atom. The normalized spacial score (nSPS) is 15.7. The number of methoxy groups -OCH3 is 1. The van der Waals surface area contributed by atoms with E-state index in [1.165, 1.54) is 24.1 Å². The number of carbonyl (C=O) groups excluding carboxylic acids is 2. The van der Waals surface area contributed by atoms with Crippen molar-refractivity contribution < 1.29 is 18.8 Å². The molecule has 0 spiro atoms. The minimum absolute atomic E-state index is 0.138. The van der Waals surface area contributed by atoms with Crippen molar-refractivity contribution in [3.05, 3.63) is 69.0 Å². The molecule has 2 amide bonds. The molecule has 0 bridgehead atoms. The maximum Gasteiger partial charge on any atom is 0.254 e. The number of halogens is 3. The van der Waals surface area contributed by atoms with Crippen molar-refractivity contribution in [3.8, 4) is 11.4 Å². The van der Waals surface area contributed by atoms with Gasteiger partial charge in [-0.25, -0.2) is 0 Å². The Morgan fingerprint density at radius 2 is 1.81 bits per heavy atom. The molecule has 1 saturated heterocycles. The van der Waals surface area contributed by atoms with Crippen molar-refractivity contribution in [2.75, 3.05) is 33.4 Å². The van der Waals surface area contributed by atoms with E-state index in [-0.39, 0.29) is 37.6 Å². The van der Waals surface area contributed by atoms with Crippen LogP contribution in [-0.4, -0.2) is 65.1 Å². The number of ether oxygens (including phenoxy) is 1. The van der Waals surface area contributed by atoms with Gasteiger partial charge in [-0.15, -0.1) is 0 Å². The van der Waals surface area contributed by atoms with E-state index < -0.39 is 0 Å². The lowest BCUT2D eigenvalue weighted by Crippen LogP contribution is -2.46. The number of benzene rings is 2. The summed E-state index contributed by atoms with van der Waals surface area (Å²) in [7, 11) is 1.54. The first-order chi connectivity index (χ1) is 17.4. The molecule has 1 atom stereocenters. The molecule has 0 radical (unpaired) electrons. The topological polar surface area (TPSA) is 88.8 Å². The van der Waals surface area contributed by atoms with Crippen LogP contribution in [0.15, 0.2) is 47.0 Å². The first-order valence-corrected chi connectivity index (χ1v) is 12.6. The second kappa shape index (κ2) is 12.1. The van der Waals surface area contributed by atoms with Gasteiger partial charge in [-0.2, -0.15) is 4.98 Å². The van der Waals surface area contributed by atoms with E-state index in [2.05, 4.69) is 10.1 Å². The van der Waals surface area contributed by atoms with Crippen LogP contribution >= 0.6 is 34.8 Å². The van der Waals surface area contributed by atoms with Crippen molar-refractivity contribution in [3.63, 3.8) is 0 Å². The monoisotopic (exact) mass is 550 g/mol. The van der Waals surface area contributed by atoms with Crippen LogP contribution in [0.4, 0.5) is 0 Å². The molecule has 1 aliphatic heterocycles. The van der Waals surface area contributed by atoms with Crippen LogP contribution in [0.25, 0.3) is 11.4 Å². The maximum atomic E-state index is 13.5. The summed E-state index contributed by atoms with van der Waals surface area (Å²) in [4.78, 5) is 34.4. The van der Waals surface area contributed by atoms with Crippen LogP contribution in [-0.2, 0) is 9.53 Å². The van der Waals surface area contributed by atoms with Crippen molar-refractivity contribution in [1.82, 2.24) is 19.9 Å². The number of likely N-dealkylation sites (tertiary alicyclic amines) is 1. The van der Waals surface area contributed by atoms with Crippen molar-refractivity contribution in [2.45, 2.75) is 25.3 Å². The van der Waals surface area contributed by atoms with Gasteiger partial charge >= 0.3 is 0 Å².